The molecule has 5 aromatic rings. The summed E-state index contributed by atoms with van der Waals surface area (Å²) >= 11 is 8.43. The molecule has 1 atom stereocenters. The van der Waals surface area contributed by atoms with Gasteiger partial charge < -0.3 is 5.32 Å². The number of carbonyl (C=O) groups excluding carboxylic acids is 1. The van der Waals surface area contributed by atoms with Crippen molar-refractivity contribution in [2.45, 2.75) is 16.5 Å². The van der Waals surface area contributed by atoms with Gasteiger partial charge in [-0.25, -0.2) is 9.97 Å². The second kappa shape index (κ2) is 10.5. The molecule has 0 saturated carbocycles. The van der Waals surface area contributed by atoms with Crippen LogP contribution < -0.4 is 5.32 Å². The summed E-state index contributed by atoms with van der Waals surface area (Å²) in [7, 11) is 0. The minimum Gasteiger partial charge on any atom is -0.324 e. The van der Waals surface area contributed by atoms with Crippen molar-refractivity contribution in [3.63, 3.8) is 0 Å². The summed E-state index contributed by atoms with van der Waals surface area (Å²) in [5.41, 5.74) is 1.14. The fourth-order valence-electron chi connectivity index (χ4n) is 3.84. The van der Waals surface area contributed by atoms with Gasteiger partial charge in [-0.1, -0.05) is 84.0 Å². The molecule has 1 amide bonds. The molecular formula is C27H17ClF3N3OS2. The molecule has 0 aliphatic rings. The van der Waals surface area contributed by atoms with Gasteiger partial charge in [0.1, 0.15) is 21.4 Å². The maximum atomic E-state index is 13.7. The quantitative estimate of drug-likeness (QED) is 0.168. The average Bonchev–Trinajstić information content (AvgIpc) is 3.34. The summed E-state index contributed by atoms with van der Waals surface area (Å²) in [6.45, 7) is 0. The molecule has 0 aliphatic carbocycles. The van der Waals surface area contributed by atoms with Gasteiger partial charge in [0.15, 0.2) is 0 Å². The second-order valence-corrected chi connectivity index (χ2v) is 10.3. The predicted molar refractivity (Wildman–Crippen MR) is 143 cm³/mol. The fraction of sp³-hybridized carbons (Fsp3) is 0.0741. The lowest BCUT2D eigenvalue weighted by molar-refractivity contribution is -0.137. The van der Waals surface area contributed by atoms with Crippen molar-refractivity contribution in [1.82, 2.24) is 9.97 Å². The maximum absolute atomic E-state index is 13.7. The third-order valence-corrected chi connectivity index (χ3v) is 7.91. The van der Waals surface area contributed by atoms with Crippen LogP contribution in [-0.2, 0) is 11.0 Å². The number of hydrogen-bond acceptors (Lipinski definition) is 5. The van der Waals surface area contributed by atoms with Crippen molar-refractivity contribution in [1.29, 1.82) is 0 Å². The molecule has 10 heteroatoms. The number of nitrogens with zero attached hydrogens (tertiary/aromatic N) is 2. The lowest BCUT2D eigenvalue weighted by atomic mass is 10.1. The Hall–Kier alpha value is -3.40. The van der Waals surface area contributed by atoms with Gasteiger partial charge >= 0.3 is 6.18 Å². The van der Waals surface area contributed by atoms with E-state index >= 15 is 0 Å². The summed E-state index contributed by atoms with van der Waals surface area (Å²) < 4.78 is 41.0. The van der Waals surface area contributed by atoms with Gasteiger partial charge in [0.05, 0.1) is 16.6 Å². The van der Waals surface area contributed by atoms with E-state index in [2.05, 4.69) is 15.3 Å². The Labute approximate surface area is 223 Å². The molecule has 0 bridgehead atoms. The van der Waals surface area contributed by atoms with Crippen molar-refractivity contribution in [3.05, 3.63) is 107 Å². The van der Waals surface area contributed by atoms with Crippen LogP contribution in [0.2, 0.25) is 5.02 Å². The van der Waals surface area contributed by atoms with E-state index in [-0.39, 0.29) is 10.7 Å². The van der Waals surface area contributed by atoms with Crippen LogP contribution in [-0.4, -0.2) is 15.9 Å². The summed E-state index contributed by atoms with van der Waals surface area (Å²) in [6.07, 6.45) is -3.26. The van der Waals surface area contributed by atoms with Gasteiger partial charge in [0, 0.05) is 16.0 Å². The Bertz CT molecular complexity index is 1560. The Morgan fingerprint density at radius 1 is 0.973 bits per heavy atom. The molecule has 0 spiro atoms. The third kappa shape index (κ3) is 5.49. The number of aromatic nitrogens is 2. The molecule has 0 aliphatic heterocycles. The number of thiophene rings is 1. The first-order chi connectivity index (χ1) is 17.8. The van der Waals surface area contributed by atoms with Gasteiger partial charge in [-0.3, -0.25) is 4.79 Å². The summed E-state index contributed by atoms with van der Waals surface area (Å²) in [4.78, 5) is 23.1. The molecule has 2 aromatic heterocycles. The average molecular weight is 556 g/mol. The zero-order valence-electron chi connectivity index (χ0n) is 18.9. The van der Waals surface area contributed by atoms with Gasteiger partial charge in [-0.05, 0) is 29.3 Å². The molecule has 3 aromatic carbocycles. The molecule has 0 saturated heterocycles. The van der Waals surface area contributed by atoms with Crippen molar-refractivity contribution >= 4 is 56.5 Å². The zero-order valence-corrected chi connectivity index (χ0v) is 21.3. The number of thioether (sulfide) groups is 1. The lowest BCUT2D eigenvalue weighted by Gasteiger charge is -2.19. The van der Waals surface area contributed by atoms with E-state index in [1.54, 1.807) is 30.3 Å². The number of carbonyl (C=O) groups is 1. The molecule has 1 N–H and O–H groups in total. The van der Waals surface area contributed by atoms with E-state index in [0.29, 0.717) is 10.6 Å². The van der Waals surface area contributed by atoms with Crippen LogP contribution in [0.5, 0.6) is 0 Å². The summed E-state index contributed by atoms with van der Waals surface area (Å²) in [6, 6.07) is 21.9. The van der Waals surface area contributed by atoms with Gasteiger partial charge in [-0.2, -0.15) is 13.2 Å². The molecular weight excluding hydrogens is 539 g/mol. The number of rotatable bonds is 6. The monoisotopic (exact) mass is 555 g/mol. The molecule has 0 fully saturated rings. The molecule has 4 nitrogen and oxygen atoms in total. The van der Waals surface area contributed by atoms with Crippen LogP contribution in [0.4, 0.5) is 18.9 Å². The molecule has 0 unspecified atom stereocenters. The Morgan fingerprint density at radius 2 is 1.68 bits per heavy atom. The number of alkyl halides is 3. The highest BCUT2D eigenvalue weighted by Crippen LogP contribution is 2.44. The normalized spacial score (nSPS) is 12.4. The SMILES string of the molecule is O=C(Nc1ccc(Cl)cc1C(F)(F)F)[C@H](Sc1ncnc2scc(-c3ccccc3)c12)c1ccccc1. The van der Waals surface area contributed by atoms with Crippen LogP contribution in [0, 0.1) is 0 Å². The van der Waals surface area contributed by atoms with E-state index in [4.69, 9.17) is 11.6 Å². The minimum absolute atomic E-state index is 0.0754. The van der Waals surface area contributed by atoms with Crippen molar-refractivity contribution in [3.8, 4) is 11.1 Å². The molecule has 5 rings (SSSR count). The van der Waals surface area contributed by atoms with Crippen LogP contribution >= 0.6 is 34.7 Å². The van der Waals surface area contributed by atoms with E-state index in [9.17, 15) is 18.0 Å². The van der Waals surface area contributed by atoms with Gasteiger partial charge in [0.25, 0.3) is 0 Å². The Kier molecular flexibility index (Phi) is 7.19. The minimum atomic E-state index is -4.69. The van der Waals surface area contributed by atoms with Gasteiger partial charge in [0.2, 0.25) is 5.91 Å². The van der Waals surface area contributed by atoms with E-state index in [0.717, 1.165) is 45.2 Å². The van der Waals surface area contributed by atoms with Gasteiger partial charge in [-0.15, -0.1) is 11.3 Å². The van der Waals surface area contributed by atoms with E-state index in [1.165, 1.54) is 23.7 Å². The van der Waals surface area contributed by atoms with Crippen LogP contribution in [0.1, 0.15) is 16.4 Å². The van der Waals surface area contributed by atoms with Crippen LogP contribution in [0.15, 0.2) is 95.6 Å². The first-order valence-corrected chi connectivity index (χ1v) is 13.1. The smallest absolute Gasteiger partial charge is 0.324 e. The highest BCUT2D eigenvalue weighted by molar-refractivity contribution is 8.00. The first-order valence-electron chi connectivity index (χ1n) is 11.0. The number of amides is 1. The highest BCUT2D eigenvalue weighted by Gasteiger charge is 2.35. The highest BCUT2D eigenvalue weighted by atomic mass is 35.5. The Morgan fingerprint density at radius 3 is 2.38 bits per heavy atom. The molecule has 0 radical (unpaired) electrons. The molecule has 37 heavy (non-hydrogen) atoms. The maximum Gasteiger partial charge on any atom is 0.418 e. The lowest BCUT2D eigenvalue weighted by Crippen LogP contribution is -2.21. The van der Waals surface area contributed by atoms with Crippen molar-refractivity contribution in [2.75, 3.05) is 5.32 Å². The van der Waals surface area contributed by atoms with E-state index < -0.39 is 22.9 Å². The summed E-state index contributed by atoms with van der Waals surface area (Å²) in [5.74, 6) is -0.618. The second-order valence-electron chi connectivity index (χ2n) is 7.96. The predicted octanol–water partition coefficient (Wildman–Crippen LogP) is 8.50. The zero-order chi connectivity index (χ0) is 26.0. The standard InChI is InChI=1S/C27H17ClF3N3OS2/c28-18-11-12-21(20(13-18)27(29,30)31)34-24(35)23(17-9-5-2-6-10-17)37-26-22-19(16-7-3-1-4-8-16)14-36-25(22)32-15-33-26/h1-15,23H,(H,34,35)/t23-/m1/s1. The number of benzene rings is 3. The molecule has 186 valence electrons. The van der Waals surface area contributed by atoms with E-state index in [1.807, 2.05) is 35.7 Å². The third-order valence-electron chi connectivity index (χ3n) is 5.54. The number of anilines is 1. The topological polar surface area (TPSA) is 54.9 Å². The van der Waals surface area contributed by atoms with Crippen LogP contribution in [0.25, 0.3) is 21.3 Å². The molecule has 2 heterocycles. The number of nitrogens with one attached hydrogen (secondary N) is 1. The number of fused-ring (bicyclic) bond motifs is 1. The van der Waals surface area contributed by atoms with Crippen molar-refractivity contribution in [2.24, 2.45) is 0 Å². The number of hydrogen-bond donors (Lipinski definition) is 1. The largest absolute Gasteiger partial charge is 0.418 e. The first kappa shape index (κ1) is 25.3. The van der Waals surface area contributed by atoms with Crippen molar-refractivity contribution < 1.29 is 18.0 Å². The number of halogens is 4. The fourth-order valence-corrected chi connectivity index (χ4v) is 6.11. The van der Waals surface area contributed by atoms with Crippen LogP contribution in [0.3, 0.4) is 0 Å². The Balaban J connectivity index is 1.56. The summed E-state index contributed by atoms with van der Waals surface area (Å²) in [5, 5.41) is 4.84.